The maximum Gasteiger partial charge on any atom is 0.264 e. The number of allylic oxidation sites excluding steroid dienone is 2. The second-order valence-corrected chi connectivity index (χ2v) is 3.38. The summed E-state index contributed by atoms with van der Waals surface area (Å²) >= 11 is 0. The third kappa shape index (κ3) is 6.66. The van der Waals surface area contributed by atoms with Crippen molar-refractivity contribution in [3.05, 3.63) is 24.8 Å². The molecule has 1 amide bonds. The Kier molecular flexibility index (Phi) is 7.24. The summed E-state index contributed by atoms with van der Waals surface area (Å²) in [7, 11) is 1.61. The fraction of sp³-hybridized carbons (Fsp3) is 0.500. The smallest absolute Gasteiger partial charge is 0.264 e. The molecule has 15 heavy (non-hydrogen) atoms. The molecule has 0 aliphatic heterocycles. The average Bonchev–Trinajstić information content (AvgIpc) is 2.26. The molecular weight excluding hydrogens is 188 g/mol. The van der Waals surface area contributed by atoms with Gasteiger partial charge in [0.2, 0.25) is 0 Å². The number of carbonyl (C=O) groups excluding carboxylic acids is 1. The first-order valence-electron chi connectivity index (χ1n) is 5.13. The first kappa shape index (κ1) is 13.6. The predicted molar refractivity (Wildman–Crippen MR) is 65.2 cm³/mol. The molecule has 0 saturated heterocycles. The van der Waals surface area contributed by atoms with Gasteiger partial charge in [-0.25, -0.2) is 0 Å². The van der Waals surface area contributed by atoms with E-state index < -0.39 is 0 Å². The first-order chi connectivity index (χ1) is 7.11. The van der Waals surface area contributed by atoms with Crippen molar-refractivity contribution in [1.82, 2.24) is 5.32 Å². The highest BCUT2D eigenvalue weighted by Crippen LogP contribution is 2.04. The Morgan fingerprint density at radius 2 is 2.13 bits per heavy atom. The summed E-state index contributed by atoms with van der Waals surface area (Å²) in [5, 5.41) is 2.80. The van der Waals surface area contributed by atoms with E-state index in [0.717, 1.165) is 24.8 Å². The quantitative estimate of drug-likeness (QED) is 0.388. The number of hydrogen-bond donors (Lipinski definition) is 1. The third-order valence-corrected chi connectivity index (χ3v) is 2.16. The number of carbonyl (C=O) groups is 1. The monoisotopic (exact) mass is 208 g/mol. The van der Waals surface area contributed by atoms with E-state index in [1.165, 1.54) is 0 Å². The highest BCUT2D eigenvalue weighted by molar-refractivity contribution is 6.37. The fourth-order valence-electron chi connectivity index (χ4n) is 1.01. The minimum atomic E-state index is -0.0833. The first-order valence-corrected chi connectivity index (χ1v) is 5.13. The summed E-state index contributed by atoms with van der Waals surface area (Å²) in [4.78, 5) is 15.1. The second kappa shape index (κ2) is 7.97. The van der Waals surface area contributed by atoms with Crippen LogP contribution >= 0.6 is 0 Å². The molecule has 0 fully saturated rings. The molecule has 0 heterocycles. The van der Waals surface area contributed by atoms with Crippen LogP contribution in [0, 0.1) is 0 Å². The lowest BCUT2D eigenvalue weighted by Gasteiger charge is -2.04. The van der Waals surface area contributed by atoms with Gasteiger partial charge in [-0.05, 0) is 26.2 Å². The summed E-state index contributed by atoms with van der Waals surface area (Å²) in [6.07, 6.45) is 4.69. The molecule has 0 saturated carbocycles. The van der Waals surface area contributed by atoms with Gasteiger partial charge in [0.25, 0.3) is 5.91 Å². The average molecular weight is 208 g/mol. The lowest BCUT2D eigenvalue weighted by molar-refractivity contribution is -0.114. The summed E-state index contributed by atoms with van der Waals surface area (Å²) in [5.74, 6) is -0.0833. The highest BCUT2D eigenvalue weighted by atomic mass is 16.1. The molecule has 0 bridgehead atoms. The standard InChI is InChI=1S/C12H20N2O/c1-5-10(2)8-6-7-9-14-12(15)11(3)13-4/h5H,1-2,6-9H2,3-4H3,(H,14,15). The lowest BCUT2D eigenvalue weighted by atomic mass is 10.1. The van der Waals surface area contributed by atoms with Crippen molar-refractivity contribution in [2.75, 3.05) is 13.6 Å². The number of rotatable bonds is 7. The molecule has 0 atom stereocenters. The molecule has 0 aromatic heterocycles. The van der Waals surface area contributed by atoms with Crippen LogP contribution in [0.4, 0.5) is 0 Å². The van der Waals surface area contributed by atoms with Gasteiger partial charge in [0.1, 0.15) is 0 Å². The topological polar surface area (TPSA) is 41.5 Å². The zero-order chi connectivity index (χ0) is 11.7. The molecule has 0 rings (SSSR count). The number of hydrogen-bond acceptors (Lipinski definition) is 2. The van der Waals surface area contributed by atoms with Crippen LogP contribution in [0.15, 0.2) is 29.8 Å². The molecule has 0 unspecified atom stereocenters. The van der Waals surface area contributed by atoms with Crippen LogP contribution < -0.4 is 5.32 Å². The van der Waals surface area contributed by atoms with Crippen LogP contribution in [-0.2, 0) is 4.79 Å². The summed E-state index contributed by atoms with van der Waals surface area (Å²) in [5.41, 5.74) is 1.57. The van der Waals surface area contributed by atoms with Crippen LogP contribution in [0.5, 0.6) is 0 Å². The predicted octanol–water partition coefficient (Wildman–Crippen LogP) is 2.11. The molecule has 0 radical (unpaired) electrons. The van der Waals surface area contributed by atoms with Gasteiger partial charge in [-0.15, -0.1) is 0 Å². The van der Waals surface area contributed by atoms with Crippen LogP contribution in [0.2, 0.25) is 0 Å². The van der Waals surface area contributed by atoms with Gasteiger partial charge in [-0.1, -0.05) is 24.8 Å². The maximum atomic E-state index is 11.3. The van der Waals surface area contributed by atoms with Gasteiger partial charge in [0.15, 0.2) is 0 Å². The van der Waals surface area contributed by atoms with E-state index in [9.17, 15) is 4.79 Å². The SMILES string of the molecule is C=CC(=C)CCCCNC(=O)C(C)=NC. The Labute approximate surface area is 92.0 Å². The zero-order valence-electron chi connectivity index (χ0n) is 9.68. The van der Waals surface area contributed by atoms with E-state index in [0.29, 0.717) is 12.3 Å². The van der Waals surface area contributed by atoms with Crippen molar-refractivity contribution in [3.63, 3.8) is 0 Å². The van der Waals surface area contributed by atoms with Crippen molar-refractivity contribution in [2.24, 2.45) is 4.99 Å². The van der Waals surface area contributed by atoms with Crippen molar-refractivity contribution >= 4 is 11.6 Å². The number of nitrogens with zero attached hydrogens (tertiary/aromatic N) is 1. The van der Waals surface area contributed by atoms with Crippen LogP contribution in [-0.4, -0.2) is 25.2 Å². The number of aliphatic imine (C=N–C) groups is 1. The summed E-state index contributed by atoms with van der Waals surface area (Å²) in [6.45, 7) is 9.85. The van der Waals surface area contributed by atoms with Crippen molar-refractivity contribution < 1.29 is 4.79 Å². The van der Waals surface area contributed by atoms with Gasteiger partial charge in [-0.3, -0.25) is 9.79 Å². The number of amides is 1. The van der Waals surface area contributed by atoms with Crippen LogP contribution in [0.3, 0.4) is 0 Å². The summed E-state index contributed by atoms with van der Waals surface area (Å²) < 4.78 is 0. The Bertz CT molecular complexity index is 267. The number of unbranched alkanes of at least 4 members (excludes halogenated alkanes) is 1. The summed E-state index contributed by atoms with van der Waals surface area (Å²) in [6, 6.07) is 0. The van der Waals surface area contributed by atoms with Crippen molar-refractivity contribution in [1.29, 1.82) is 0 Å². The molecule has 3 heteroatoms. The van der Waals surface area contributed by atoms with Gasteiger partial charge in [-0.2, -0.15) is 0 Å². The van der Waals surface area contributed by atoms with E-state index in [2.05, 4.69) is 23.5 Å². The Morgan fingerprint density at radius 3 is 2.67 bits per heavy atom. The lowest BCUT2D eigenvalue weighted by Crippen LogP contribution is -2.30. The molecule has 3 nitrogen and oxygen atoms in total. The van der Waals surface area contributed by atoms with Crippen LogP contribution in [0.25, 0.3) is 0 Å². The van der Waals surface area contributed by atoms with E-state index in [1.54, 1.807) is 20.0 Å². The molecule has 0 aliphatic carbocycles. The Balaban J connectivity index is 3.51. The highest BCUT2D eigenvalue weighted by Gasteiger charge is 2.02. The molecule has 0 aromatic rings. The van der Waals surface area contributed by atoms with Crippen molar-refractivity contribution in [3.8, 4) is 0 Å². The fourth-order valence-corrected chi connectivity index (χ4v) is 1.01. The molecule has 0 aliphatic rings. The Hall–Kier alpha value is -1.38. The minimum Gasteiger partial charge on any atom is -0.351 e. The van der Waals surface area contributed by atoms with Crippen molar-refractivity contribution in [2.45, 2.75) is 26.2 Å². The molecule has 84 valence electrons. The van der Waals surface area contributed by atoms with Gasteiger partial charge < -0.3 is 5.32 Å². The van der Waals surface area contributed by atoms with E-state index in [-0.39, 0.29) is 5.91 Å². The third-order valence-electron chi connectivity index (χ3n) is 2.16. The van der Waals surface area contributed by atoms with Gasteiger partial charge in [0, 0.05) is 13.6 Å². The largest absolute Gasteiger partial charge is 0.351 e. The number of nitrogens with one attached hydrogen (secondary N) is 1. The van der Waals surface area contributed by atoms with E-state index in [4.69, 9.17) is 0 Å². The molecule has 1 N–H and O–H groups in total. The minimum absolute atomic E-state index is 0.0833. The molecular formula is C12H20N2O. The van der Waals surface area contributed by atoms with Crippen LogP contribution in [0.1, 0.15) is 26.2 Å². The molecule has 0 aromatic carbocycles. The molecule has 0 spiro atoms. The Morgan fingerprint density at radius 1 is 1.47 bits per heavy atom. The van der Waals surface area contributed by atoms with E-state index in [1.807, 2.05) is 0 Å². The zero-order valence-corrected chi connectivity index (χ0v) is 9.68. The normalized spacial score (nSPS) is 10.9. The second-order valence-electron chi connectivity index (χ2n) is 3.38. The van der Waals surface area contributed by atoms with Gasteiger partial charge >= 0.3 is 0 Å². The maximum absolute atomic E-state index is 11.3. The van der Waals surface area contributed by atoms with Gasteiger partial charge in [0.05, 0.1) is 5.71 Å². The van der Waals surface area contributed by atoms with E-state index >= 15 is 0 Å².